The third-order valence-electron chi connectivity index (χ3n) is 7.70. The first-order chi connectivity index (χ1) is 22.6. The van der Waals surface area contributed by atoms with E-state index in [9.17, 15) is 22.8 Å². The molecule has 1 atom stereocenters. The van der Waals surface area contributed by atoms with E-state index in [0.717, 1.165) is 45.3 Å². The van der Waals surface area contributed by atoms with Crippen LogP contribution in [0.2, 0.25) is 0 Å². The van der Waals surface area contributed by atoms with Gasteiger partial charge < -0.3 is 19.4 Å². The molecular weight excluding hydrogens is 605 g/mol. The Hall–Kier alpha value is -5.31. The van der Waals surface area contributed by atoms with E-state index in [1.807, 2.05) is 72.3 Å². The number of hydrogen-bond acceptors (Lipinski definition) is 4. The number of aromatic nitrogens is 1. The van der Waals surface area contributed by atoms with Crippen LogP contribution in [0, 0.1) is 0 Å². The van der Waals surface area contributed by atoms with Crippen LogP contribution in [0.15, 0.2) is 115 Å². The van der Waals surface area contributed by atoms with Gasteiger partial charge in [0.05, 0.1) is 30.5 Å². The molecule has 0 aliphatic carbocycles. The van der Waals surface area contributed by atoms with Gasteiger partial charge in [0.2, 0.25) is 5.91 Å². The van der Waals surface area contributed by atoms with Crippen LogP contribution in [-0.4, -0.2) is 29.7 Å². The number of rotatable bonds is 12. The fraction of sp³-hybridized carbons (Fsp3) is 0.211. The molecule has 0 spiro atoms. The summed E-state index contributed by atoms with van der Waals surface area (Å²) in [6, 6.07) is 29.5. The molecule has 0 aliphatic rings. The molecule has 6 nitrogen and oxygen atoms in total. The van der Waals surface area contributed by atoms with Crippen LogP contribution in [0.5, 0.6) is 5.75 Å². The van der Waals surface area contributed by atoms with Gasteiger partial charge in [0.15, 0.2) is 0 Å². The van der Waals surface area contributed by atoms with Gasteiger partial charge in [-0.2, -0.15) is 13.2 Å². The van der Waals surface area contributed by atoms with E-state index in [1.54, 1.807) is 31.2 Å². The third kappa shape index (κ3) is 8.30. The van der Waals surface area contributed by atoms with Gasteiger partial charge in [-0.1, -0.05) is 60.7 Å². The van der Waals surface area contributed by atoms with Gasteiger partial charge in [0.1, 0.15) is 5.75 Å². The predicted molar refractivity (Wildman–Crippen MR) is 177 cm³/mol. The zero-order chi connectivity index (χ0) is 33.4. The smallest absolute Gasteiger partial charge is 0.416 e. The normalized spacial score (nSPS) is 12.5. The number of para-hydroxylation sites is 2. The second-order valence-corrected chi connectivity index (χ2v) is 11.0. The van der Waals surface area contributed by atoms with Gasteiger partial charge in [-0.3, -0.25) is 9.59 Å². The van der Waals surface area contributed by atoms with Crippen molar-refractivity contribution < 1.29 is 32.2 Å². The molecule has 1 aromatic heterocycles. The number of allylic oxidation sites excluding steroid dienone is 1. The lowest BCUT2D eigenvalue weighted by molar-refractivity contribution is -0.143. The van der Waals surface area contributed by atoms with E-state index in [-0.39, 0.29) is 24.3 Å². The highest BCUT2D eigenvalue weighted by atomic mass is 19.4. The van der Waals surface area contributed by atoms with Gasteiger partial charge >= 0.3 is 12.1 Å². The molecule has 0 saturated carbocycles. The fourth-order valence-corrected chi connectivity index (χ4v) is 5.41. The summed E-state index contributed by atoms with van der Waals surface area (Å²) in [5, 5.41) is 3.80. The van der Waals surface area contributed by atoms with Gasteiger partial charge in [0.25, 0.3) is 0 Å². The second-order valence-electron chi connectivity index (χ2n) is 11.0. The number of ether oxygens (including phenoxy) is 2. The molecule has 5 rings (SSSR count). The molecule has 1 heterocycles. The Morgan fingerprint density at radius 1 is 0.894 bits per heavy atom. The maximum Gasteiger partial charge on any atom is 0.416 e. The number of nitrogens with zero attached hydrogens (tertiary/aromatic N) is 1. The van der Waals surface area contributed by atoms with Gasteiger partial charge in [0, 0.05) is 29.6 Å². The van der Waals surface area contributed by atoms with Crippen molar-refractivity contribution in [1.29, 1.82) is 0 Å². The molecular formula is C38H35F3N2O4. The summed E-state index contributed by atoms with van der Waals surface area (Å²) in [5.74, 6) is -0.100. The number of hydrogen-bond donors (Lipinski definition) is 1. The van der Waals surface area contributed by atoms with Crippen LogP contribution in [0.25, 0.3) is 16.5 Å². The molecule has 242 valence electrons. The van der Waals surface area contributed by atoms with Crippen molar-refractivity contribution in [1.82, 2.24) is 4.57 Å². The average Bonchev–Trinajstić information content (AvgIpc) is 3.47. The largest absolute Gasteiger partial charge is 0.491 e. The molecule has 0 bridgehead atoms. The van der Waals surface area contributed by atoms with E-state index in [4.69, 9.17) is 9.47 Å². The molecule has 0 fully saturated rings. The van der Waals surface area contributed by atoms with Crippen LogP contribution in [0.3, 0.4) is 0 Å². The number of nitrogens with one attached hydrogen (secondary N) is 1. The Kier molecular flexibility index (Phi) is 10.5. The number of carbonyl (C=O) groups is 2. The first kappa shape index (κ1) is 33.1. The maximum absolute atomic E-state index is 13.3. The van der Waals surface area contributed by atoms with Crippen LogP contribution in [0.4, 0.5) is 18.9 Å². The van der Waals surface area contributed by atoms with Crippen LogP contribution < -0.4 is 10.1 Å². The number of alkyl halides is 3. The molecule has 1 unspecified atom stereocenters. The summed E-state index contributed by atoms with van der Waals surface area (Å²) in [6.45, 7) is 4.24. The summed E-state index contributed by atoms with van der Waals surface area (Å²) >= 11 is 0. The summed E-state index contributed by atoms with van der Waals surface area (Å²) in [4.78, 5) is 24.6. The zero-order valence-electron chi connectivity index (χ0n) is 26.1. The molecule has 1 N–H and O–H groups in total. The van der Waals surface area contributed by atoms with E-state index < -0.39 is 11.7 Å². The first-order valence-corrected chi connectivity index (χ1v) is 15.3. The van der Waals surface area contributed by atoms with Crippen molar-refractivity contribution in [2.45, 2.75) is 38.9 Å². The van der Waals surface area contributed by atoms with Gasteiger partial charge in [-0.05, 0) is 85.0 Å². The highest BCUT2D eigenvalue weighted by Crippen LogP contribution is 2.35. The molecule has 9 heteroatoms. The topological polar surface area (TPSA) is 69.6 Å². The highest BCUT2D eigenvalue weighted by Gasteiger charge is 2.30. The van der Waals surface area contributed by atoms with Crippen molar-refractivity contribution in [3.05, 3.63) is 138 Å². The monoisotopic (exact) mass is 640 g/mol. The standard InChI is InChI=1S/C38H35F3N2O4/c1-3-46-36(45)14-9-23-47-34-13-8-7-12-32(34)42-35(44)24-26(2)29-17-20-33-30(25-29)21-22-43(33)37(27-10-5-4-6-11-27)28-15-18-31(19-16-28)38(39,40)41/h4-8,10-13,15-22,24-25,37H,3,9,14,23H2,1-2H3,(H,42,44)/b26-24+. The Morgan fingerprint density at radius 3 is 2.32 bits per heavy atom. The number of benzene rings is 4. The summed E-state index contributed by atoms with van der Waals surface area (Å²) in [7, 11) is 0. The maximum atomic E-state index is 13.3. The first-order valence-electron chi connectivity index (χ1n) is 15.3. The molecule has 0 radical (unpaired) electrons. The summed E-state index contributed by atoms with van der Waals surface area (Å²) in [5.41, 5.74) is 3.97. The SMILES string of the molecule is CCOC(=O)CCCOc1ccccc1NC(=O)/C=C(\C)c1ccc2c(ccn2C(c2ccccc2)c2ccc(C(F)(F)F)cc2)c1. The Morgan fingerprint density at radius 2 is 1.60 bits per heavy atom. The molecule has 1 amide bonds. The minimum atomic E-state index is -4.41. The molecule has 47 heavy (non-hydrogen) atoms. The predicted octanol–water partition coefficient (Wildman–Crippen LogP) is 9.06. The van der Waals surface area contributed by atoms with E-state index in [1.165, 1.54) is 18.2 Å². The fourth-order valence-electron chi connectivity index (χ4n) is 5.41. The summed E-state index contributed by atoms with van der Waals surface area (Å²) in [6.07, 6.45) is -0.228. The third-order valence-corrected chi connectivity index (χ3v) is 7.70. The lowest BCUT2D eigenvalue weighted by atomic mass is 9.97. The number of halogens is 3. The van der Waals surface area contributed by atoms with Crippen molar-refractivity contribution in [3.8, 4) is 5.75 Å². The lowest BCUT2D eigenvalue weighted by Crippen LogP contribution is -2.12. The Balaban J connectivity index is 1.34. The minimum Gasteiger partial charge on any atom is -0.491 e. The van der Waals surface area contributed by atoms with Crippen LogP contribution in [-0.2, 0) is 20.5 Å². The highest BCUT2D eigenvalue weighted by molar-refractivity contribution is 6.05. The van der Waals surface area contributed by atoms with Gasteiger partial charge in [-0.15, -0.1) is 0 Å². The van der Waals surface area contributed by atoms with Crippen molar-refractivity contribution in [2.24, 2.45) is 0 Å². The Bertz CT molecular complexity index is 1860. The van der Waals surface area contributed by atoms with Crippen molar-refractivity contribution in [3.63, 3.8) is 0 Å². The van der Waals surface area contributed by atoms with E-state index in [0.29, 0.717) is 31.1 Å². The second kappa shape index (κ2) is 14.9. The molecule has 4 aromatic carbocycles. The zero-order valence-corrected chi connectivity index (χ0v) is 26.1. The molecule has 0 saturated heterocycles. The number of fused-ring (bicyclic) bond motifs is 1. The van der Waals surface area contributed by atoms with Gasteiger partial charge in [-0.25, -0.2) is 0 Å². The van der Waals surface area contributed by atoms with Crippen molar-refractivity contribution in [2.75, 3.05) is 18.5 Å². The van der Waals surface area contributed by atoms with E-state index in [2.05, 4.69) is 5.32 Å². The molecule has 5 aromatic rings. The number of anilines is 1. The lowest BCUT2D eigenvalue weighted by Gasteiger charge is -2.22. The number of esters is 1. The Labute approximate surface area is 271 Å². The van der Waals surface area contributed by atoms with E-state index >= 15 is 0 Å². The molecule has 0 aliphatic heterocycles. The summed E-state index contributed by atoms with van der Waals surface area (Å²) < 4.78 is 52.6. The van der Waals surface area contributed by atoms with Crippen LogP contribution in [0.1, 0.15) is 55.0 Å². The van der Waals surface area contributed by atoms with Crippen molar-refractivity contribution >= 4 is 34.0 Å². The quantitative estimate of drug-likeness (QED) is 0.0839. The minimum absolute atomic E-state index is 0.250. The number of amides is 1. The number of carbonyl (C=O) groups excluding carboxylic acids is 2. The van der Waals surface area contributed by atoms with Crippen LogP contribution >= 0.6 is 0 Å². The average molecular weight is 641 g/mol.